The van der Waals surface area contributed by atoms with E-state index in [9.17, 15) is 23.9 Å². The Morgan fingerprint density at radius 2 is 1.71 bits per heavy atom. The molecule has 0 spiro atoms. The second-order valence-corrected chi connectivity index (χ2v) is 14.4. The van der Waals surface area contributed by atoms with Crippen molar-refractivity contribution in [3.63, 3.8) is 0 Å². The van der Waals surface area contributed by atoms with E-state index in [0.717, 1.165) is 23.8 Å². The average molecular weight is 669 g/mol. The van der Waals surface area contributed by atoms with Crippen molar-refractivity contribution in [1.29, 1.82) is 0 Å². The number of aliphatic hydroxyl groups excluding tert-OH is 1. The molecule has 3 aromatic rings. The fourth-order valence-electron chi connectivity index (χ4n) is 5.99. The Morgan fingerprint density at radius 1 is 1.04 bits per heavy atom. The highest BCUT2D eigenvalue weighted by atomic mass is 19.1. The number of carbonyl (C=O) groups is 3. The number of rotatable bonds is 9. The van der Waals surface area contributed by atoms with Crippen molar-refractivity contribution in [2.75, 3.05) is 19.6 Å². The molecule has 1 N–H and O–H groups in total. The zero-order valence-electron chi connectivity index (χ0n) is 28.9. The molecule has 0 bridgehead atoms. The number of aliphatic hydroxyl groups is 1. The quantitative estimate of drug-likeness (QED) is 0.280. The van der Waals surface area contributed by atoms with Crippen LogP contribution < -0.4 is 0 Å². The van der Waals surface area contributed by atoms with Crippen molar-refractivity contribution in [1.82, 2.24) is 19.4 Å². The summed E-state index contributed by atoms with van der Waals surface area (Å²) in [6.07, 6.45) is -1.13. The van der Waals surface area contributed by atoms with E-state index in [2.05, 4.69) is 0 Å². The van der Waals surface area contributed by atoms with Gasteiger partial charge >= 0.3 is 12.1 Å². The summed E-state index contributed by atoms with van der Waals surface area (Å²) < 4.78 is 42.1. The average Bonchev–Trinajstić information content (AvgIpc) is 3.55. The molecule has 1 fully saturated rings. The van der Waals surface area contributed by atoms with E-state index in [1.165, 1.54) is 23.6 Å². The second-order valence-electron chi connectivity index (χ2n) is 14.4. The van der Waals surface area contributed by atoms with Gasteiger partial charge in [0, 0.05) is 44.2 Å². The van der Waals surface area contributed by atoms with Crippen molar-refractivity contribution in [2.24, 2.45) is 11.3 Å². The number of carbonyl (C=O) groups excluding carboxylic acids is 3. The first-order chi connectivity index (χ1) is 22.3. The summed E-state index contributed by atoms with van der Waals surface area (Å²) in [6.45, 7) is 14.1. The van der Waals surface area contributed by atoms with Crippen LogP contribution in [0.15, 0.2) is 54.7 Å². The number of hydrogen-bond donors (Lipinski definition) is 1. The van der Waals surface area contributed by atoms with Gasteiger partial charge in [0.15, 0.2) is 6.10 Å². The number of imidazole rings is 1. The van der Waals surface area contributed by atoms with Gasteiger partial charge in [-0.25, -0.2) is 18.6 Å². The summed E-state index contributed by atoms with van der Waals surface area (Å²) in [5.74, 6) is -2.68. The summed E-state index contributed by atoms with van der Waals surface area (Å²) in [5.41, 5.74) is -0.434. The smallest absolute Gasteiger partial charge is 0.410 e. The van der Waals surface area contributed by atoms with Gasteiger partial charge in [-0.05, 0) is 56.9 Å². The lowest BCUT2D eigenvalue weighted by atomic mass is 9.83. The first-order valence-electron chi connectivity index (χ1n) is 16.0. The summed E-state index contributed by atoms with van der Waals surface area (Å²) in [4.78, 5) is 46.9. The Labute approximate surface area is 280 Å². The lowest BCUT2D eigenvalue weighted by Crippen LogP contribution is -2.50. The van der Waals surface area contributed by atoms with Crippen LogP contribution in [0.1, 0.15) is 72.8 Å². The molecule has 1 saturated heterocycles. The molecule has 1 aliphatic rings. The van der Waals surface area contributed by atoms with E-state index in [0.29, 0.717) is 12.4 Å². The van der Waals surface area contributed by atoms with Crippen molar-refractivity contribution in [2.45, 2.75) is 85.8 Å². The highest BCUT2D eigenvalue weighted by molar-refractivity contribution is 5.83. The van der Waals surface area contributed by atoms with E-state index in [4.69, 9.17) is 14.5 Å². The van der Waals surface area contributed by atoms with Crippen LogP contribution in [-0.2, 0) is 25.6 Å². The van der Waals surface area contributed by atoms with E-state index in [-0.39, 0.29) is 30.9 Å². The molecule has 2 aromatic carbocycles. The molecule has 12 heteroatoms. The van der Waals surface area contributed by atoms with Gasteiger partial charge in [0.2, 0.25) is 0 Å². The van der Waals surface area contributed by atoms with Gasteiger partial charge in [-0.2, -0.15) is 0 Å². The fourth-order valence-corrected chi connectivity index (χ4v) is 5.99. The van der Waals surface area contributed by atoms with Gasteiger partial charge in [0.05, 0.1) is 24.4 Å². The van der Waals surface area contributed by atoms with Crippen LogP contribution in [0, 0.1) is 23.0 Å². The SMILES string of the molecule is CC(=O)O[C@@H](C)C(=O)N(CC1CN(C(=O)OC(C)(C)C)CC1O)[C@@H](c1nc(-c2cc(F)ccc2F)cn1Cc1ccccc1)C(C)(C)C. The third-order valence-electron chi connectivity index (χ3n) is 8.05. The number of hydrogen-bond acceptors (Lipinski definition) is 7. The molecule has 260 valence electrons. The molecule has 0 radical (unpaired) electrons. The topological polar surface area (TPSA) is 114 Å². The molecule has 4 rings (SSSR count). The predicted molar refractivity (Wildman–Crippen MR) is 176 cm³/mol. The molecule has 0 aliphatic carbocycles. The minimum atomic E-state index is -1.19. The highest BCUT2D eigenvalue weighted by Crippen LogP contribution is 2.41. The summed E-state index contributed by atoms with van der Waals surface area (Å²) >= 11 is 0. The van der Waals surface area contributed by atoms with Crippen LogP contribution in [-0.4, -0.2) is 79.9 Å². The van der Waals surface area contributed by atoms with Gasteiger partial charge in [-0.1, -0.05) is 51.1 Å². The molecule has 2 heterocycles. The predicted octanol–water partition coefficient (Wildman–Crippen LogP) is 5.97. The molecule has 10 nitrogen and oxygen atoms in total. The zero-order chi connectivity index (χ0) is 35.6. The summed E-state index contributed by atoms with van der Waals surface area (Å²) in [5, 5.41) is 11.2. The third kappa shape index (κ3) is 8.97. The van der Waals surface area contributed by atoms with Crippen molar-refractivity contribution < 1.29 is 37.7 Å². The minimum Gasteiger partial charge on any atom is -0.453 e. The maximum absolute atomic E-state index is 15.1. The maximum Gasteiger partial charge on any atom is 0.410 e. The van der Waals surface area contributed by atoms with E-state index in [1.807, 2.05) is 51.1 Å². The maximum atomic E-state index is 15.1. The van der Waals surface area contributed by atoms with Gasteiger partial charge < -0.3 is 28.9 Å². The molecule has 1 aromatic heterocycles. The Kier molecular flexibility index (Phi) is 11.0. The second kappa shape index (κ2) is 14.4. The van der Waals surface area contributed by atoms with Crippen molar-refractivity contribution >= 4 is 18.0 Å². The van der Waals surface area contributed by atoms with Gasteiger partial charge in [-0.15, -0.1) is 0 Å². The Balaban J connectivity index is 1.84. The van der Waals surface area contributed by atoms with Crippen molar-refractivity contribution in [3.8, 4) is 11.3 Å². The number of nitrogens with zero attached hydrogens (tertiary/aromatic N) is 4. The molecular formula is C36H46F2N4O6. The van der Waals surface area contributed by atoms with E-state index < -0.39 is 64.8 Å². The van der Waals surface area contributed by atoms with E-state index >= 15 is 4.39 Å². The largest absolute Gasteiger partial charge is 0.453 e. The number of benzene rings is 2. The molecule has 1 aliphatic heterocycles. The Morgan fingerprint density at radius 3 is 2.31 bits per heavy atom. The molecule has 48 heavy (non-hydrogen) atoms. The van der Waals surface area contributed by atoms with Gasteiger partial charge in [0.25, 0.3) is 5.91 Å². The lowest BCUT2D eigenvalue weighted by molar-refractivity contribution is -0.161. The lowest BCUT2D eigenvalue weighted by Gasteiger charge is -2.42. The molecule has 4 atom stereocenters. The number of β-amino-alcohol motifs (C(OH)–C–C–N with tert-alkyl or cyclic N) is 1. The van der Waals surface area contributed by atoms with Gasteiger partial charge in [-0.3, -0.25) is 9.59 Å². The van der Waals surface area contributed by atoms with Crippen LogP contribution >= 0.6 is 0 Å². The molecule has 2 amide bonds. The number of likely N-dealkylation sites (tertiary alicyclic amines) is 1. The fraction of sp³-hybridized carbons (Fsp3) is 0.500. The number of halogens is 2. The van der Waals surface area contributed by atoms with Gasteiger partial charge in [0.1, 0.15) is 23.1 Å². The number of ether oxygens (including phenoxy) is 2. The monoisotopic (exact) mass is 668 g/mol. The number of esters is 1. The highest BCUT2D eigenvalue weighted by Gasteiger charge is 2.44. The first-order valence-corrected chi connectivity index (χ1v) is 16.0. The van der Waals surface area contributed by atoms with Crippen molar-refractivity contribution in [3.05, 3.63) is 77.8 Å². The normalized spacial score (nSPS) is 17.9. The van der Waals surface area contributed by atoms with Crippen LogP contribution in [0.2, 0.25) is 0 Å². The third-order valence-corrected chi connectivity index (χ3v) is 8.05. The van der Waals surface area contributed by atoms with E-state index in [1.54, 1.807) is 31.5 Å². The summed E-state index contributed by atoms with van der Waals surface area (Å²) in [7, 11) is 0. The number of amides is 2. The van der Waals surface area contributed by atoms with Crippen LogP contribution in [0.5, 0.6) is 0 Å². The van der Waals surface area contributed by atoms with Crippen LogP contribution in [0.3, 0.4) is 0 Å². The standard InChI is InChI=1S/C36H46F2N4O6/c1-22(47-23(2)43)33(45)42(19-25-18-41(21-30(25)44)34(46)48-36(6,7)8)31(35(3,4)5)32-39-29(27-16-26(37)14-15-28(27)38)20-40(32)17-24-12-10-9-11-13-24/h9-16,20,22,25,30-31,44H,17-19,21H2,1-8H3/t22-,25?,30?,31-/m0/s1. The molecular weight excluding hydrogens is 622 g/mol. The zero-order valence-corrected chi connectivity index (χ0v) is 28.9. The Bertz CT molecular complexity index is 1610. The summed E-state index contributed by atoms with van der Waals surface area (Å²) in [6, 6.07) is 11.8. The molecule has 0 saturated carbocycles. The van der Waals surface area contributed by atoms with Crippen LogP contribution in [0.4, 0.5) is 13.6 Å². The number of aromatic nitrogens is 2. The Hall–Kier alpha value is -4.32. The minimum absolute atomic E-state index is 0.00687. The molecule has 2 unspecified atom stereocenters. The first kappa shape index (κ1) is 36.5. The van der Waals surface area contributed by atoms with Crippen LogP contribution in [0.25, 0.3) is 11.3 Å².